The molecule has 1 N–H and O–H groups in total. The molecule has 0 aromatic heterocycles. The molecule has 0 saturated heterocycles. The van der Waals surface area contributed by atoms with E-state index in [1.165, 1.54) is 12.8 Å². The van der Waals surface area contributed by atoms with Crippen molar-refractivity contribution in [3.8, 4) is 0 Å². The largest absolute Gasteiger partial charge is 0.349 e. The lowest BCUT2D eigenvalue weighted by Crippen LogP contribution is -2.36. The number of nitrogens with one attached hydrogen (secondary N) is 1. The number of halogens is 2. The third-order valence-electron chi connectivity index (χ3n) is 3.36. The van der Waals surface area contributed by atoms with E-state index in [1.807, 2.05) is 0 Å². The van der Waals surface area contributed by atoms with E-state index in [0.29, 0.717) is 22.5 Å². The van der Waals surface area contributed by atoms with E-state index in [1.54, 1.807) is 18.2 Å². The van der Waals surface area contributed by atoms with Crippen molar-refractivity contribution in [1.29, 1.82) is 0 Å². The number of hydrogen-bond acceptors (Lipinski definition) is 1. The summed E-state index contributed by atoms with van der Waals surface area (Å²) in [6, 6.07) is 5.56. The lowest BCUT2D eigenvalue weighted by molar-refractivity contribution is 0.0929. The minimum atomic E-state index is -0.0129. The Labute approximate surface area is 115 Å². The zero-order chi connectivity index (χ0) is 12.4. The molecule has 0 spiro atoms. The van der Waals surface area contributed by atoms with E-state index >= 15 is 0 Å². The molecular formula is C13H15BrClNO. The first-order chi connectivity index (χ1) is 8.08. The summed E-state index contributed by atoms with van der Waals surface area (Å²) in [4.78, 5) is 12.0. The van der Waals surface area contributed by atoms with Gasteiger partial charge in [0.2, 0.25) is 0 Å². The van der Waals surface area contributed by atoms with Gasteiger partial charge in [-0.3, -0.25) is 4.79 Å². The van der Waals surface area contributed by atoms with Crippen LogP contribution in [0.3, 0.4) is 0 Å². The summed E-state index contributed by atoms with van der Waals surface area (Å²) in [6.07, 6.45) is 3.49. The molecule has 2 unspecified atom stereocenters. The molecule has 1 saturated carbocycles. The Morgan fingerprint density at radius 3 is 2.82 bits per heavy atom. The average molecular weight is 317 g/mol. The van der Waals surface area contributed by atoms with E-state index in [2.05, 4.69) is 28.2 Å². The van der Waals surface area contributed by atoms with E-state index in [4.69, 9.17) is 11.6 Å². The van der Waals surface area contributed by atoms with Crippen LogP contribution in [0.5, 0.6) is 0 Å². The fraction of sp³-hybridized carbons (Fsp3) is 0.462. The van der Waals surface area contributed by atoms with Crippen molar-refractivity contribution in [3.05, 3.63) is 33.3 Å². The van der Waals surface area contributed by atoms with Gasteiger partial charge in [-0.15, -0.1) is 0 Å². The number of benzene rings is 1. The number of carbonyl (C=O) groups excluding carboxylic acids is 1. The van der Waals surface area contributed by atoms with Gasteiger partial charge in [0.15, 0.2) is 0 Å². The van der Waals surface area contributed by atoms with Crippen LogP contribution >= 0.6 is 27.5 Å². The molecule has 2 rings (SSSR count). The third-order valence-corrected chi connectivity index (χ3v) is 4.57. The molecule has 1 aliphatic rings. The van der Waals surface area contributed by atoms with E-state index < -0.39 is 0 Å². The van der Waals surface area contributed by atoms with E-state index in [9.17, 15) is 4.79 Å². The maximum Gasteiger partial charge on any atom is 0.251 e. The Morgan fingerprint density at radius 1 is 1.47 bits per heavy atom. The van der Waals surface area contributed by atoms with Gasteiger partial charge in [-0.1, -0.05) is 24.9 Å². The highest BCUT2D eigenvalue weighted by molar-refractivity contribution is 9.10. The van der Waals surface area contributed by atoms with Crippen LogP contribution < -0.4 is 5.32 Å². The summed E-state index contributed by atoms with van der Waals surface area (Å²) in [7, 11) is 0. The lowest BCUT2D eigenvalue weighted by atomic mass is 10.1. The Hall–Kier alpha value is -0.540. The normalized spacial score (nSPS) is 23.7. The molecule has 1 amide bonds. The molecule has 4 heteroatoms. The van der Waals surface area contributed by atoms with Gasteiger partial charge in [0.1, 0.15) is 0 Å². The van der Waals surface area contributed by atoms with Gasteiger partial charge in [-0.25, -0.2) is 0 Å². The van der Waals surface area contributed by atoms with Crippen LogP contribution in [0.25, 0.3) is 0 Å². The van der Waals surface area contributed by atoms with Gasteiger partial charge in [-0.05, 0) is 52.9 Å². The highest BCUT2D eigenvalue weighted by atomic mass is 79.9. The molecule has 1 fully saturated rings. The zero-order valence-corrected chi connectivity index (χ0v) is 12.0. The number of hydrogen-bond donors (Lipinski definition) is 1. The van der Waals surface area contributed by atoms with Crippen LogP contribution in [0, 0.1) is 5.92 Å². The maximum absolute atomic E-state index is 12.0. The second kappa shape index (κ2) is 5.40. The Kier molecular flexibility index (Phi) is 4.10. The van der Waals surface area contributed by atoms with Crippen molar-refractivity contribution >= 4 is 33.4 Å². The molecule has 1 aliphatic carbocycles. The molecule has 0 heterocycles. The van der Waals surface area contributed by atoms with Gasteiger partial charge < -0.3 is 5.32 Å². The number of rotatable bonds is 2. The second-order valence-electron chi connectivity index (χ2n) is 4.62. The number of amides is 1. The lowest BCUT2D eigenvalue weighted by Gasteiger charge is -2.17. The minimum absolute atomic E-state index is 0.0129. The van der Waals surface area contributed by atoms with Gasteiger partial charge in [0.25, 0.3) is 5.91 Å². The van der Waals surface area contributed by atoms with Crippen molar-refractivity contribution < 1.29 is 4.79 Å². The molecule has 1 aromatic rings. The fourth-order valence-electron chi connectivity index (χ4n) is 2.25. The topological polar surface area (TPSA) is 29.1 Å². The average Bonchev–Trinajstić information content (AvgIpc) is 2.68. The summed E-state index contributed by atoms with van der Waals surface area (Å²) in [6.45, 7) is 2.19. The Balaban J connectivity index is 2.06. The molecule has 0 aliphatic heterocycles. The summed E-state index contributed by atoms with van der Waals surface area (Å²) >= 11 is 9.23. The zero-order valence-electron chi connectivity index (χ0n) is 9.67. The predicted octanol–water partition coefficient (Wildman–Crippen LogP) is 4.02. The summed E-state index contributed by atoms with van der Waals surface area (Å²) in [5.74, 6) is 0.566. The monoisotopic (exact) mass is 315 g/mol. The number of carbonyl (C=O) groups is 1. The molecule has 0 radical (unpaired) electrons. The molecule has 92 valence electrons. The van der Waals surface area contributed by atoms with Crippen LogP contribution in [-0.2, 0) is 0 Å². The summed E-state index contributed by atoms with van der Waals surface area (Å²) in [5.41, 5.74) is 0.653. The predicted molar refractivity (Wildman–Crippen MR) is 73.4 cm³/mol. The van der Waals surface area contributed by atoms with Crippen molar-refractivity contribution in [2.75, 3.05) is 0 Å². The van der Waals surface area contributed by atoms with Crippen LogP contribution in [0.4, 0.5) is 0 Å². The van der Waals surface area contributed by atoms with E-state index in [-0.39, 0.29) is 5.91 Å². The Morgan fingerprint density at radius 2 is 2.24 bits per heavy atom. The quantitative estimate of drug-likeness (QED) is 0.877. The van der Waals surface area contributed by atoms with Gasteiger partial charge in [-0.2, -0.15) is 0 Å². The SMILES string of the molecule is CC1CCCC1NC(=O)c1ccc(Cl)c(Br)c1. The van der Waals surface area contributed by atoms with Gasteiger partial charge >= 0.3 is 0 Å². The minimum Gasteiger partial charge on any atom is -0.349 e. The first kappa shape index (κ1) is 12.9. The van der Waals surface area contributed by atoms with Crippen LogP contribution in [0.1, 0.15) is 36.5 Å². The maximum atomic E-state index is 12.0. The molecular weight excluding hydrogens is 302 g/mol. The smallest absolute Gasteiger partial charge is 0.251 e. The molecule has 0 bridgehead atoms. The highest BCUT2D eigenvalue weighted by Crippen LogP contribution is 2.26. The van der Waals surface area contributed by atoms with Crippen LogP contribution in [-0.4, -0.2) is 11.9 Å². The molecule has 1 aromatic carbocycles. The van der Waals surface area contributed by atoms with Crippen molar-refractivity contribution in [1.82, 2.24) is 5.32 Å². The molecule has 17 heavy (non-hydrogen) atoms. The standard InChI is InChI=1S/C13H15BrClNO/c1-8-3-2-4-12(8)16-13(17)9-5-6-11(15)10(14)7-9/h5-8,12H,2-4H2,1H3,(H,16,17). The first-order valence-electron chi connectivity index (χ1n) is 5.84. The summed E-state index contributed by atoms with van der Waals surface area (Å²) < 4.78 is 0.756. The third kappa shape index (κ3) is 3.02. The molecule has 2 nitrogen and oxygen atoms in total. The summed E-state index contributed by atoms with van der Waals surface area (Å²) in [5, 5.41) is 3.71. The van der Waals surface area contributed by atoms with Crippen molar-refractivity contribution in [2.45, 2.75) is 32.2 Å². The Bertz CT molecular complexity index is 435. The fourth-order valence-corrected chi connectivity index (χ4v) is 2.75. The van der Waals surface area contributed by atoms with Gasteiger partial charge in [0, 0.05) is 16.1 Å². The molecule has 2 atom stereocenters. The van der Waals surface area contributed by atoms with E-state index in [0.717, 1.165) is 10.9 Å². The van der Waals surface area contributed by atoms with Crippen molar-refractivity contribution in [2.24, 2.45) is 5.92 Å². The van der Waals surface area contributed by atoms with Crippen molar-refractivity contribution in [3.63, 3.8) is 0 Å². The van der Waals surface area contributed by atoms with Crippen LogP contribution in [0.2, 0.25) is 5.02 Å². The first-order valence-corrected chi connectivity index (χ1v) is 7.01. The highest BCUT2D eigenvalue weighted by Gasteiger charge is 2.25. The van der Waals surface area contributed by atoms with Gasteiger partial charge in [0.05, 0.1) is 5.02 Å². The van der Waals surface area contributed by atoms with Crippen LogP contribution in [0.15, 0.2) is 22.7 Å². The second-order valence-corrected chi connectivity index (χ2v) is 5.88.